The molecule has 2 rings (SSSR count). The van der Waals surface area contributed by atoms with E-state index in [0.29, 0.717) is 5.82 Å². The summed E-state index contributed by atoms with van der Waals surface area (Å²) in [6.45, 7) is 0.165. The molecule has 2 aromatic heterocycles. The number of halogens is 3. The number of aromatic nitrogens is 5. The molecule has 0 atom stereocenters. The predicted octanol–water partition coefficient (Wildman–Crippen LogP) is 1.28. The van der Waals surface area contributed by atoms with Crippen molar-refractivity contribution in [1.29, 1.82) is 0 Å². The van der Waals surface area contributed by atoms with Gasteiger partial charge >= 0.3 is 6.18 Å². The van der Waals surface area contributed by atoms with Gasteiger partial charge in [-0.2, -0.15) is 18.3 Å². The Bertz CT molecular complexity index is 593. The number of nitrogens with zero attached hydrogens (tertiary/aromatic N) is 5. The van der Waals surface area contributed by atoms with Gasteiger partial charge in [0.05, 0.1) is 6.54 Å². The Balaban J connectivity index is 2.18. The summed E-state index contributed by atoms with van der Waals surface area (Å²) >= 11 is 0. The van der Waals surface area contributed by atoms with E-state index in [1.807, 2.05) is 0 Å². The van der Waals surface area contributed by atoms with Crippen molar-refractivity contribution in [3.05, 3.63) is 24.0 Å². The molecular formula is C10H12F3N7. The van der Waals surface area contributed by atoms with Gasteiger partial charge in [-0.3, -0.25) is 4.68 Å². The van der Waals surface area contributed by atoms with Crippen molar-refractivity contribution in [3.63, 3.8) is 0 Å². The molecule has 20 heavy (non-hydrogen) atoms. The Morgan fingerprint density at radius 1 is 1.25 bits per heavy atom. The summed E-state index contributed by atoms with van der Waals surface area (Å²) in [6, 6.07) is 1.37. The third kappa shape index (κ3) is 3.33. The second-order valence-corrected chi connectivity index (χ2v) is 3.90. The SMILES string of the molecule is CNc1cc(NCc2ncn(C)n2)nc(C(F)(F)F)n1. The van der Waals surface area contributed by atoms with E-state index in [-0.39, 0.29) is 18.2 Å². The molecule has 0 amide bonds. The highest BCUT2D eigenvalue weighted by Crippen LogP contribution is 2.28. The van der Waals surface area contributed by atoms with Crippen molar-refractivity contribution in [1.82, 2.24) is 24.7 Å². The van der Waals surface area contributed by atoms with Gasteiger partial charge in [-0.05, 0) is 0 Å². The highest BCUT2D eigenvalue weighted by atomic mass is 19.4. The highest BCUT2D eigenvalue weighted by molar-refractivity contribution is 5.47. The lowest BCUT2D eigenvalue weighted by atomic mass is 10.4. The van der Waals surface area contributed by atoms with E-state index in [0.717, 1.165) is 0 Å². The zero-order valence-electron chi connectivity index (χ0n) is 10.7. The third-order valence-corrected chi connectivity index (χ3v) is 2.31. The van der Waals surface area contributed by atoms with Crippen LogP contribution in [0.1, 0.15) is 11.6 Å². The molecule has 10 heteroatoms. The Labute approximate surface area is 112 Å². The standard InChI is InChI=1S/C10H12F3N7/c1-14-6-3-7(18-9(17-6)10(11,12)13)15-4-8-16-5-20(2)19-8/h3,5H,4H2,1-2H3,(H2,14,15,17,18). The maximum atomic E-state index is 12.6. The van der Waals surface area contributed by atoms with Crippen molar-refractivity contribution in [2.75, 3.05) is 17.7 Å². The Morgan fingerprint density at radius 2 is 1.95 bits per heavy atom. The van der Waals surface area contributed by atoms with E-state index in [1.165, 1.54) is 24.1 Å². The van der Waals surface area contributed by atoms with Crippen LogP contribution in [0.3, 0.4) is 0 Å². The largest absolute Gasteiger partial charge is 0.451 e. The highest BCUT2D eigenvalue weighted by Gasteiger charge is 2.35. The van der Waals surface area contributed by atoms with Crippen LogP contribution < -0.4 is 10.6 Å². The molecule has 0 fully saturated rings. The van der Waals surface area contributed by atoms with Crippen molar-refractivity contribution in [2.45, 2.75) is 12.7 Å². The van der Waals surface area contributed by atoms with Gasteiger partial charge in [0.15, 0.2) is 5.82 Å². The van der Waals surface area contributed by atoms with Crippen molar-refractivity contribution in [3.8, 4) is 0 Å². The zero-order chi connectivity index (χ0) is 14.8. The normalized spacial score (nSPS) is 11.4. The molecule has 0 unspecified atom stereocenters. The lowest BCUT2D eigenvalue weighted by Gasteiger charge is -2.10. The lowest BCUT2D eigenvalue weighted by Crippen LogP contribution is -2.14. The summed E-state index contributed by atoms with van der Waals surface area (Å²) in [7, 11) is 3.18. The van der Waals surface area contributed by atoms with E-state index in [2.05, 4.69) is 30.7 Å². The van der Waals surface area contributed by atoms with E-state index in [9.17, 15) is 13.2 Å². The fourth-order valence-corrected chi connectivity index (χ4v) is 1.43. The second kappa shape index (κ2) is 5.31. The summed E-state index contributed by atoms with van der Waals surface area (Å²) in [5.41, 5.74) is 0. The minimum Gasteiger partial charge on any atom is -0.373 e. The summed E-state index contributed by atoms with van der Waals surface area (Å²) in [4.78, 5) is 10.7. The van der Waals surface area contributed by atoms with Crippen LogP contribution >= 0.6 is 0 Å². The van der Waals surface area contributed by atoms with E-state index in [1.54, 1.807) is 7.05 Å². The molecule has 0 spiro atoms. The number of nitrogens with one attached hydrogen (secondary N) is 2. The summed E-state index contributed by atoms with van der Waals surface area (Å²) < 4.78 is 39.4. The molecule has 108 valence electrons. The lowest BCUT2D eigenvalue weighted by molar-refractivity contribution is -0.144. The van der Waals surface area contributed by atoms with Crippen LogP contribution in [0.15, 0.2) is 12.4 Å². The van der Waals surface area contributed by atoms with Gasteiger partial charge < -0.3 is 10.6 Å². The average molecular weight is 287 g/mol. The molecule has 0 aliphatic rings. The van der Waals surface area contributed by atoms with E-state index >= 15 is 0 Å². The van der Waals surface area contributed by atoms with Crippen molar-refractivity contribution < 1.29 is 13.2 Å². The van der Waals surface area contributed by atoms with Gasteiger partial charge in [-0.25, -0.2) is 15.0 Å². The van der Waals surface area contributed by atoms with Crippen LogP contribution in [0.2, 0.25) is 0 Å². The van der Waals surface area contributed by atoms with Crippen LogP contribution in [0.4, 0.5) is 24.8 Å². The molecule has 0 saturated heterocycles. The van der Waals surface area contributed by atoms with Gasteiger partial charge in [0.1, 0.15) is 18.0 Å². The summed E-state index contributed by atoms with van der Waals surface area (Å²) in [5, 5.41) is 9.29. The van der Waals surface area contributed by atoms with Crippen LogP contribution in [-0.2, 0) is 19.8 Å². The Kier molecular flexibility index (Phi) is 3.72. The Morgan fingerprint density at radius 3 is 2.50 bits per heavy atom. The van der Waals surface area contributed by atoms with Gasteiger partial charge in [-0.1, -0.05) is 0 Å². The minimum absolute atomic E-state index is 0.0455. The molecule has 2 aromatic rings. The molecule has 0 radical (unpaired) electrons. The molecule has 0 aliphatic carbocycles. The Hall–Kier alpha value is -2.39. The van der Waals surface area contributed by atoms with E-state index in [4.69, 9.17) is 0 Å². The maximum Gasteiger partial charge on any atom is 0.451 e. The molecule has 7 nitrogen and oxygen atoms in total. The number of hydrogen-bond acceptors (Lipinski definition) is 6. The van der Waals surface area contributed by atoms with Crippen molar-refractivity contribution in [2.24, 2.45) is 7.05 Å². The molecule has 0 aliphatic heterocycles. The molecular weight excluding hydrogens is 275 g/mol. The molecule has 0 saturated carbocycles. The summed E-state index contributed by atoms with van der Waals surface area (Å²) in [6.07, 6.45) is -3.11. The molecule has 2 heterocycles. The van der Waals surface area contributed by atoms with Crippen LogP contribution in [-0.4, -0.2) is 31.8 Å². The topological polar surface area (TPSA) is 80.5 Å². The van der Waals surface area contributed by atoms with Crippen molar-refractivity contribution >= 4 is 11.6 Å². The zero-order valence-corrected chi connectivity index (χ0v) is 10.7. The first-order valence-electron chi connectivity index (χ1n) is 5.61. The minimum atomic E-state index is -4.60. The smallest absolute Gasteiger partial charge is 0.373 e. The van der Waals surface area contributed by atoms with Crippen LogP contribution in [0.5, 0.6) is 0 Å². The van der Waals surface area contributed by atoms with Crippen LogP contribution in [0.25, 0.3) is 0 Å². The first kappa shape index (κ1) is 14.0. The van der Waals surface area contributed by atoms with Gasteiger partial charge in [-0.15, -0.1) is 0 Å². The van der Waals surface area contributed by atoms with Crippen LogP contribution in [0, 0.1) is 0 Å². The van der Waals surface area contributed by atoms with Gasteiger partial charge in [0, 0.05) is 20.2 Å². The van der Waals surface area contributed by atoms with E-state index < -0.39 is 12.0 Å². The predicted molar refractivity (Wildman–Crippen MR) is 64.9 cm³/mol. The number of alkyl halides is 3. The average Bonchev–Trinajstić information content (AvgIpc) is 2.81. The number of aryl methyl sites for hydroxylation is 1. The molecule has 0 aromatic carbocycles. The fourth-order valence-electron chi connectivity index (χ4n) is 1.43. The molecule has 0 bridgehead atoms. The fraction of sp³-hybridized carbons (Fsp3) is 0.400. The van der Waals surface area contributed by atoms with Gasteiger partial charge in [0.25, 0.3) is 0 Å². The second-order valence-electron chi connectivity index (χ2n) is 3.90. The van der Waals surface area contributed by atoms with Gasteiger partial charge in [0.2, 0.25) is 5.82 Å². The monoisotopic (exact) mass is 287 g/mol. The summed E-state index contributed by atoms with van der Waals surface area (Å²) in [5.74, 6) is -0.639. The first-order valence-corrected chi connectivity index (χ1v) is 5.61. The number of anilines is 2. The number of hydrogen-bond donors (Lipinski definition) is 2. The third-order valence-electron chi connectivity index (χ3n) is 2.31. The first-order chi connectivity index (χ1) is 9.38. The maximum absolute atomic E-state index is 12.6. The quantitative estimate of drug-likeness (QED) is 0.881. The molecule has 2 N–H and O–H groups in total. The number of rotatable bonds is 4.